The molecule has 2 amide bonds. The average Bonchev–Trinajstić information content (AvgIpc) is 2.73. The number of fused-ring (bicyclic) bond motifs is 1. The molecule has 0 spiro atoms. The van der Waals surface area contributed by atoms with Gasteiger partial charge in [-0.25, -0.2) is 0 Å². The number of hydrogen-bond acceptors (Lipinski definition) is 3. The van der Waals surface area contributed by atoms with Gasteiger partial charge in [0.1, 0.15) is 5.75 Å². The van der Waals surface area contributed by atoms with Crippen LogP contribution in [0.5, 0.6) is 5.75 Å². The molecule has 0 atom stereocenters. The summed E-state index contributed by atoms with van der Waals surface area (Å²) in [4.78, 5) is 26.9. The Morgan fingerprint density at radius 2 is 1.87 bits per heavy atom. The highest BCUT2D eigenvalue weighted by atomic mass is 35.5. The van der Waals surface area contributed by atoms with Crippen molar-refractivity contribution in [3.8, 4) is 5.75 Å². The molecular formula is C23H18Cl2N2O3. The molecule has 1 aliphatic rings. The highest BCUT2D eigenvalue weighted by Gasteiger charge is 2.26. The summed E-state index contributed by atoms with van der Waals surface area (Å²) in [6, 6.07) is 17.8. The molecule has 1 heterocycles. The van der Waals surface area contributed by atoms with Gasteiger partial charge in [0.25, 0.3) is 11.8 Å². The molecule has 0 unspecified atom stereocenters. The number of rotatable bonds is 4. The smallest absolute Gasteiger partial charge is 0.265 e. The molecule has 7 heteroatoms. The molecule has 0 aromatic heterocycles. The molecular weight excluding hydrogens is 423 g/mol. The number of carbonyl (C=O) groups is 2. The molecule has 30 heavy (non-hydrogen) atoms. The topological polar surface area (TPSA) is 58.6 Å². The van der Waals surface area contributed by atoms with Gasteiger partial charge in [0.05, 0.1) is 22.3 Å². The Kier molecular flexibility index (Phi) is 5.66. The van der Waals surface area contributed by atoms with Crippen LogP contribution in [-0.4, -0.2) is 18.4 Å². The molecule has 0 radical (unpaired) electrons. The van der Waals surface area contributed by atoms with E-state index in [1.165, 1.54) is 6.07 Å². The first-order valence-corrected chi connectivity index (χ1v) is 10.1. The standard InChI is InChI=1S/C23H18Cl2N2O3/c1-14-4-2-3-5-16(14)12-27-20-11-17(7-9-21(20)30-13-22(27)28)26-23(29)15-6-8-18(24)19(25)10-15/h2-11H,12-13H2,1H3,(H,26,29). The molecule has 152 valence electrons. The van der Waals surface area contributed by atoms with E-state index in [0.29, 0.717) is 39.3 Å². The van der Waals surface area contributed by atoms with Crippen molar-refractivity contribution < 1.29 is 14.3 Å². The van der Waals surface area contributed by atoms with E-state index in [4.69, 9.17) is 27.9 Å². The van der Waals surface area contributed by atoms with Crippen molar-refractivity contribution in [1.82, 2.24) is 0 Å². The van der Waals surface area contributed by atoms with Gasteiger partial charge >= 0.3 is 0 Å². The zero-order chi connectivity index (χ0) is 21.3. The molecule has 5 nitrogen and oxygen atoms in total. The van der Waals surface area contributed by atoms with E-state index >= 15 is 0 Å². The van der Waals surface area contributed by atoms with Gasteiger partial charge < -0.3 is 15.0 Å². The van der Waals surface area contributed by atoms with E-state index in [1.54, 1.807) is 35.2 Å². The Hall–Kier alpha value is -3.02. The van der Waals surface area contributed by atoms with E-state index in [1.807, 2.05) is 31.2 Å². The second kappa shape index (κ2) is 8.38. The lowest BCUT2D eigenvalue weighted by molar-refractivity contribution is -0.121. The maximum atomic E-state index is 12.6. The minimum atomic E-state index is -0.331. The number of amides is 2. The van der Waals surface area contributed by atoms with Gasteiger partial charge in [0.2, 0.25) is 0 Å². The first-order chi connectivity index (χ1) is 14.4. The van der Waals surface area contributed by atoms with Crippen molar-refractivity contribution >= 4 is 46.4 Å². The first kappa shape index (κ1) is 20.3. The molecule has 0 saturated carbocycles. The predicted molar refractivity (Wildman–Crippen MR) is 119 cm³/mol. The lowest BCUT2D eigenvalue weighted by atomic mass is 10.1. The van der Waals surface area contributed by atoms with E-state index in [-0.39, 0.29) is 18.4 Å². The predicted octanol–water partition coefficient (Wildman–Crippen LogP) is 5.48. The summed E-state index contributed by atoms with van der Waals surface area (Å²) < 4.78 is 5.57. The third kappa shape index (κ3) is 4.13. The zero-order valence-corrected chi connectivity index (χ0v) is 17.6. The lowest BCUT2D eigenvalue weighted by Gasteiger charge is -2.30. The monoisotopic (exact) mass is 440 g/mol. The molecule has 4 rings (SSSR count). The van der Waals surface area contributed by atoms with Crippen molar-refractivity contribution in [2.24, 2.45) is 0 Å². The maximum Gasteiger partial charge on any atom is 0.265 e. The van der Waals surface area contributed by atoms with Crippen LogP contribution >= 0.6 is 23.2 Å². The van der Waals surface area contributed by atoms with Crippen molar-refractivity contribution in [3.05, 3.63) is 87.4 Å². The molecule has 3 aromatic rings. The van der Waals surface area contributed by atoms with Gasteiger partial charge in [-0.05, 0) is 54.4 Å². The van der Waals surface area contributed by atoms with Crippen LogP contribution in [0.1, 0.15) is 21.5 Å². The summed E-state index contributed by atoms with van der Waals surface area (Å²) in [5.74, 6) is 0.122. The van der Waals surface area contributed by atoms with Gasteiger partial charge in [-0.15, -0.1) is 0 Å². The van der Waals surface area contributed by atoms with Crippen molar-refractivity contribution in [2.45, 2.75) is 13.5 Å². The summed E-state index contributed by atoms with van der Waals surface area (Å²) >= 11 is 11.9. The molecule has 0 aliphatic carbocycles. The number of anilines is 2. The first-order valence-electron chi connectivity index (χ1n) is 9.30. The zero-order valence-electron chi connectivity index (χ0n) is 16.1. The fraction of sp³-hybridized carbons (Fsp3) is 0.130. The van der Waals surface area contributed by atoms with Gasteiger partial charge in [-0.2, -0.15) is 0 Å². The Bertz CT molecular complexity index is 1150. The number of nitrogens with one attached hydrogen (secondary N) is 1. The van der Waals surface area contributed by atoms with Crippen LogP contribution in [0, 0.1) is 6.92 Å². The maximum absolute atomic E-state index is 12.6. The second-order valence-electron chi connectivity index (χ2n) is 6.96. The number of halogens is 2. The van der Waals surface area contributed by atoms with Gasteiger partial charge in [-0.1, -0.05) is 47.5 Å². The largest absolute Gasteiger partial charge is 0.482 e. The number of aryl methyl sites for hydroxylation is 1. The van der Waals surface area contributed by atoms with Gasteiger partial charge in [0, 0.05) is 11.3 Å². The van der Waals surface area contributed by atoms with Crippen LogP contribution in [0.3, 0.4) is 0 Å². The Labute approximate surface area is 184 Å². The summed E-state index contributed by atoms with van der Waals surface area (Å²) in [6.07, 6.45) is 0. The van der Waals surface area contributed by atoms with Crippen molar-refractivity contribution in [2.75, 3.05) is 16.8 Å². The molecule has 1 N–H and O–H groups in total. The van der Waals surface area contributed by atoms with E-state index in [2.05, 4.69) is 5.32 Å². The summed E-state index contributed by atoms with van der Waals surface area (Å²) in [7, 11) is 0. The second-order valence-corrected chi connectivity index (χ2v) is 7.77. The van der Waals surface area contributed by atoms with Gasteiger partial charge in [-0.3, -0.25) is 9.59 Å². The fourth-order valence-electron chi connectivity index (χ4n) is 3.25. The lowest BCUT2D eigenvalue weighted by Crippen LogP contribution is -2.38. The van der Waals surface area contributed by atoms with Crippen LogP contribution in [0.25, 0.3) is 0 Å². The minimum Gasteiger partial charge on any atom is -0.482 e. The number of ether oxygens (including phenoxy) is 1. The van der Waals surface area contributed by atoms with E-state index < -0.39 is 0 Å². The summed E-state index contributed by atoms with van der Waals surface area (Å²) in [6.45, 7) is 2.41. The third-order valence-corrected chi connectivity index (χ3v) is 5.67. The highest BCUT2D eigenvalue weighted by molar-refractivity contribution is 6.42. The van der Waals surface area contributed by atoms with E-state index in [0.717, 1.165) is 11.1 Å². The summed E-state index contributed by atoms with van der Waals surface area (Å²) in [5, 5.41) is 3.51. The fourth-order valence-corrected chi connectivity index (χ4v) is 3.55. The molecule has 0 fully saturated rings. The Balaban J connectivity index is 1.61. The summed E-state index contributed by atoms with van der Waals surface area (Å²) in [5.41, 5.74) is 3.68. The molecule has 0 bridgehead atoms. The van der Waals surface area contributed by atoms with Crippen LogP contribution in [-0.2, 0) is 11.3 Å². The quantitative estimate of drug-likeness (QED) is 0.584. The number of benzene rings is 3. The van der Waals surface area contributed by atoms with Gasteiger partial charge in [0.15, 0.2) is 6.61 Å². The Morgan fingerprint density at radius 3 is 2.63 bits per heavy atom. The number of nitrogens with zero attached hydrogens (tertiary/aromatic N) is 1. The average molecular weight is 441 g/mol. The van der Waals surface area contributed by atoms with Crippen LogP contribution in [0.2, 0.25) is 10.0 Å². The van der Waals surface area contributed by atoms with Crippen LogP contribution in [0.4, 0.5) is 11.4 Å². The van der Waals surface area contributed by atoms with E-state index in [9.17, 15) is 9.59 Å². The normalized spacial score (nSPS) is 12.9. The Morgan fingerprint density at radius 1 is 1.07 bits per heavy atom. The SMILES string of the molecule is Cc1ccccc1CN1C(=O)COc2ccc(NC(=O)c3ccc(Cl)c(Cl)c3)cc21. The number of carbonyl (C=O) groups excluding carboxylic acids is 2. The van der Waals surface area contributed by atoms with Crippen molar-refractivity contribution in [3.63, 3.8) is 0 Å². The molecule has 3 aromatic carbocycles. The highest BCUT2D eigenvalue weighted by Crippen LogP contribution is 2.36. The third-order valence-electron chi connectivity index (χ3n) is 4.93. The number of hydrogen-bond donors (Lipinski definition) is 1. The molecule has 0 saturated heterocycles. The van der Waals surface area contributed by atoms with Crippen LogP contribution < -0.4 is 15.0 Å². The van der Waals surface area contributed by atoms with Crippen LogP contribution in [0.15, 0.2) is 60.7 Å². The van der Waals surface area contributed by atoms with Crippen molar-refractivity contribution in [1.29, 1.82) is 0 Å². The minimum absolute atomic E-state index is 0.0200. The molecule has 1 aliphatic heterocycles.